The third-order valence-electron chi connectivity index (χ3n) is 8.18. The number of ether oxygens (including phenoxy) is 1. The number of carbonyl (C=O) groups is 3. The van der Waals surface area contributed by atoms with E-state index in [2.05, 4.69) is 29.6 Å². The van der Waals surface area contributed by atoms with Crippen LogP contribution in [0.3, 0.4) is 0 Å². The maximum Gasteiger partial charge on any atom is 0.407 e. The zero-order chi connectivity index (χ0) is 24.6. The molecule has 2 atom stereocenters. The zero-order valence-corrected chi connectivity index (χ0v) is 20.0. The van der Waals surface area contributed by atoms with Crippen molar-refractivity contribution in [2.75, 3.05) is 19.7 Å². The van der Waals surface area contributed by atoms with Crippen LogP contribution >= 0.6 is 0 Å². The molecule has 2 aliphatic carbocycles. The highest BCUT2D eigenvalue weighted by Gasteiger charge is 2.59. The average molecular weight is 477 g/mol. The molecule has 1 saturated heterocycles. The van der Waals surface area contributed by atoms with Crippen molar-refractivity contribution in [1.82, 2.24) is 10.2 Å². The first-order valence-corrected chi connectivity index (χ1v) is 12.5. The van der Waals surface area contributed by atoms with Gasteiger partial charge in [0.1, 0.15) is 6.61 Å². The van der Waals surface area contributed by atoms with Crippen molar-refractivity contribution in [1.29, 1.82) is 0 Å². The highest BCUT2D eigenvalue weighted by atomic mass is 16.5. The molecule has 184 valence electrons. The van der Waals surface area contributed by atoms with Gasteiger partial charge in [-0.05, 0) is 53.4 Å². The average Bonchev–Trinajstić information content (AvgIpc) is 3.48. The van der Waals surface area contributed by atoms with Gasteiger partial charge in [0.25, 0.3) is 0 Å². The van der Waals surface area contributed by atoms with Crippen LogP contribution in [0.15, 0.2) is 48.5 Å². The molecule has 35 heavy (non-hydrogen) atoms. The number of hydrogen-bond donors (Lipinski definition) is 2. The third kappa shape index (κ3) is 4.51. The molecule has 2 amide bonds. The number of nitrogens with one attached hydrogen (secondary N) is 1. The molecule has 3 aliphatic rings. The third-order valence-corrected chi connectivity index (χ3v) is 8.18. The number of aliphatic carboxylic acids is 1. The quantitative estimate of drug-likeness (QED) is 0.617. The number of nitrogens with zero attached hydrogens (tertiary/aromatic N) is 1. The predicted molar refractivity (Wildman–Crippen MR) is 131 cm³/mol. The predicted octanol–water partition coefficient (Wildman–Crippen LogP) is 4.41. The number of rotatable bonds is 7. The topological polar surface area (TPSA) is 95.9 Å². The summed E-state index contributed by atoms with van der Waals surface area (Å²) in [6.45, 7) is 3.35. The minimum absolute atomic E-state index is 0.00169. The van der Waals surface area contributed by atoms with Crippen LogP contribution in [0.5, 0.6) is 0 Å². The Morgan fingerprint density at radius 2 is 1.66 bits per heavy atom. The van der Waals surface area contributed by atoms with E-state index in [1.807, 2.05) is 36.1 Å². The maximum atomic E-state index is 12.9. The summed E-state index contributed by atoms with van der Waals surface area (Å²) in [5.41, 5.74) is 4.57. The van der Waals surface area contributed by atoms with Gasteiger partial charge in [-0.15, -0.1) is 0 Å². The van der Waals surface area contributed by atoms with Gasteiger partial charge in [-0.25, -0.2) is 4.79 Å². The van der Waals surface area contributed by atoms with Gasteiger partial charge >= 0.3 is 12.1 Å². The first-order valence-electron chi connectivity index (χ1n) is 12.5. The van der Waals surface area contributed by atoms with E-state index >= 15 is 0 Å². The van der Waals surface area contributed by atoms with Gasteiger partial charge < -0.3 is 20.1 Å². The summed E-state index contributed by atoms with van der Waals surface area (Å²) in [6, 6.07) is 16.1. The van der Waals surface area contributed by atoms with Crippen molar-refractivity contribution < 1.29 is 24.2 Å². The van der Waals surface area contributed by atoms with Crippen LogP contribution in [0.25, 0.3) is 11.1 Å². The zero-order valence-electron chi connectivity index (χ0n) is 20.0. The van der Waals surface area contributed by atoms with Crippen LogP contribution in [0.1, 0.15) is 56.1 Å². The molecule has 0 bridgehead atoms. The van der Waals surface area contributed by atoms with Crippen molar-refractivity contribution >= 4 is 18.0 Å². The Morgan fingerprint density at radius 1 is 1.06 bits per heavy atom. The highest BCUT2D eigenvalue weighted by Crippen LogP contribution is 2.59. The second-order valence-electron chi connectivity index (χ2n) is 10.1. The van der Waals surface area contributed by atoms with Gasteiger partial charge in [0.05, 0.1) is 5.92 Å². The summed E-state index contributed by atoms with van der Waals surface area (Å²) < 4.78 is 5.64. The van der Waals surface area contributed by atoms with Gasteiger partial charge in [0, 0.05) is 31.5 Å². The van der Waals surface area contributed by atoms with Crippen molar-refractivity contribution in [3.05, 3.63) is 59.7 Å². The Kier molecular flexibility index (Phi) is 6.26. The van der Waals surface area contributed by atoms with E-state index in [-0.39, 0.29) is 42.2 Å². The lowest BCUT2D eigenvalue weighted by molar-refractivity contribution is -0.139. The van der Waals surface area contributed by atoms with Crippen molar-refractivity contribution in [3.63, 3.8) is 0 Å². The van der Waals surface area contributed by atoms with Gasteiger partial charge in [-0.1, -0.05) is 55.5 Å². The first-order chi connectivity index (χ1) is 16.9. The van der Waals surface area contributed by atoms with E-state index in [1.54, 1.807) is 0 Å². The number of carboxylic acids is 1. The Balaban J connectivity index is 1.12. The van der Waals surface area contributed by atoms with Gasteiger partial charge in [-0.2, -0.15) is 0 Å². The van der Waals surface area contributed by atoms with Crippen LogP contribution in [0, 0.1) is 11.3 Å². The van der Waals surface area contributed by atoms with Crippen LogP contribution in [-0.4, -0.2) is 53.7 Å². The SMILES string of the molecule is CC[C@H](CC(=O)N1CCC2(CC1)CC2C(=O)O)NC(=O)OCC1c2ccccc2-c2ccccc21. The molecule has 1 spiro atoms. The molecule has 2 aromatic rings. The number of hydrogen-bond acceptors (Lipinski definition) is 4. The van der Waals surface area contributed by atoms with Crippen LogP contribution in [-0.2, 0) is 14.3 Å². The lowest BCUT2D eigenvalue weighted by atomic mass is 9.90. The summed E-state index contributed by atoms with van der Waals surface area (Å²) in [5.74, 6) is -0.979. The second kappa shape index (κ2) is 9.36. The molecule has 5 rings (SSSR count). The Labute approximate surface area is 205 Å². The first kappa shape index (κ1) is 23.4. The number of piperidine rings is 1. The Morgan fingerprint density at radius 3 is 2.20 bits per heavy atom. The molecule has 0 aromatic heterocycles. The Hall–Kier alpha value is -3.35. The fourth-order valence-corrected chi connectivity index (χ4v) is 5.89. The second-order valence-corrected chi connectivity index (χ2v) is 10.1. The van der Waals surface area contributed by atoms with Crippen LogP contribution in [0.4, 0.5) is 4.79 Å². The van der Waals surface area contributed by atoms with E-state index in [4.69, 9.17) is 4.74 Å². The smallest absolute Gasteiger partial charge is 0.407 e. The number of benzene rings is 2. The van der Waals surface area contributed by atoms with E-state index < -0.39 is 12.1 Å². The van der Waals surface area contributed by atoms with Crippen molar-refractivity contribution in [3.8, 4) is 11.1 Å². The standard InChI is InChI=1S/C28H32N2O5/c1-2-18(15-25(31)30-13-11-28(12-14-30)16-24(28)26(32)33)29-27(34)35-17-23-21-9-5-3-7-19(21)20-8-4-6-10-22(20)23/h3-10,18,23-24H,2,11-17H2,1H3,(H,29,34)(H,32,33)/t18-,24?/m1/s1. The molecular weight excluding hydrogens is 444 g/mol. The Bertz CT molecular complexity index is 1090. The summed E-state index contributed by atoms with van der Waals surface area (Å²) in [7, 11) is 0. The highest BCUT2D eigenvalue weighted by molar-refractivity contribution is 5.80. The van der Waals surface area contributed by atoms with Gasteiger partial charge in [0.2, 0.25) is 5.91 Å². The number of alkyl carbamates (subject to hydrolysis) is 1. The summed E-state index contributed by atoms with van der Waals surface area (Å²) >= 11 is 0. The number of amides is 2. The molecule has 2 fully saturated rings. The molecule has 1 aliphatic heterocycles. The monoisotopic (exact) mass is 476 g/mol. The number of likely N-dealkylation sites (tertiary alicyclic amines) is 1. The lowest BCUT2D eigenvalue weighted by Gasteiger charge is -2.33. The van der Waals surface area contributed by atoms with Crippen molar-refractivity contribution in [2.45, 2.75) is 51.0 Å². The molecule has 1 unspecified atom stereocenters. The van der Waals surface area contributed by atoms with Crippen molar-refractivity contribution in [2.24, 2.45) is 11.3 Å². The summed E-state index contributed by atoms with van der Waals surface area (Å²) in [4.78, 5) is 38.6. The van der Waals surface area contributed by atoms with Gasteiger partial charge in [0.15, 0.2) is 0 Å². The fourth-order valence-electron chi connectivity index (χ4n) is 5.89. The van der Waals surface area contributed by atoms with E-state index in [9.17, 15) is 19.5 Å². The maximum absolute atomic E-state index is 12.9. The number of carbonyl (C=O) groups excluding carboxylic acids is 2. The largest absolute Gasteiger partial charge is 0.481 e. The van der Waals surface area contributed by atoms with E-state index in [1.165, 1.54) is 11.1 Å². The summed E-state index contributed by atoms with van der Waals surface area (Å²) in [5, 5.41) is 12.1. The molecular formula is C28H32N2O5. The molecule has 1 heterocycles. The molecule has 1 saturated carbocycles. The van der Waals surface area contributed by atoms with Crippen LogP contribution < -0.4 is 5.32 Å². The van der Waals surface area contributed by atoms with Gasteiger partial charge in [-0.3, -0.25) is 9.59 Å². The normalized spacial score (nSPS) is 20.6. The van der Waals surface area contributed by atoms with E-state index in [0.29, 0.717) is 19.5 Å². The minimum atomic E-state index is -0.719. The lowest BCUT2D eigenvalue weighted by Crippen LogP contribution is -2.44. The molecule has 7 heteroatoms. The number of carboxylic acid groups (broad SMARTS) is 1. The number of fused-ring (bicyclic) bond motifs is 3. The van der Waals surface area contributed by atoms with Crippen LogP contribution in [0.2, 0.25) is 0 Å². The summed E-state index contributed by atoms with van der Waals surface area (Å²) in [6.07, 6.45) is 2.54. The molecule has 2 N–H and O–H groups in total. The molecule has 0 radical (unpaired) electrons. The van der Waals surface area contributed by atoms with E-state index in [0.717, 1.165) is 30.4 Å². The minimum Gasteiger partial charge on any atom is -0.481 e. The fraction of sp³-hybridized carbons (Fsp3) is 0.464. The molecule has 7 nitrogen and oxygen atoms in total. The molecule has 2 aromatic carbocycles.